The highest BCUT2D eigenvalue weighted by Gasteiger charge is 2.20. The lowest BCUT2D eigenvalue weighted by Gasteiger charge is -2.16. The number of aromatic nitrogens is 1. The van der Waals surface area contributed by atoms with Crippen LogP contribution in [0.5, 0.6) is 5.75 Å². The van der Waals surface area contributed by atoms with Gasteiger partial charge in [0.1, 0.15) is 5.75 Å². The van der Waals surface area contributed by atoms with Crippen LogP contribution >= 0.6 is 0 Å². The van der Waals surface area contributed by atoms with Crippen LogP contribution in [0.25, 0.3) is 0 Å². The van der Waals surface area contributed by atoms with Crippen molar-refractivity contribution in [3.63, 3.8) is 0 Å². The quantitative estimate of drug-likeness (QED) is 0.882. The van der Waals surface area contributed by atoms with Gasteiger partial charge in [-0.3, -0.25) is 4.98 Å². The molecule has 1 heterocycles. The second-order valence-corrected chi connectivity index (χ2v) is 7.43. The van der Waals surface area contributed by atoms with Crippen LogP contribution in [0, 0.1) is 6.92 Å². The molecule has 1 N–H and O–H groups in total. The summed E-state index contributed by atoms with van der Waals surface area (Å²) in [5.41, 5.74) is 2.40. The van der Waals surface area contributed by atoms with Crippen molar-refractivity contribution in [3.8, 4) is 5.75 Å². The van der Waals surface area contributed by atoms with E-state index < -0.39 is 10.0 Å². The van der Waals surface area contributed by atoms with E-state index >= 15 is 0 Å². The number of nitrogens with one attached hydrogen (secondary N) is 1. The van der Waals surface area contributed by atoms with Gasteiger partial charge in [0, 0.05) is 18.9 Å². The van der Waals surface area contributed by atoms with Crippen molar-refractivity contribution in [2.45, 2.75) is 38.1 Å². The molecule has 0 saturated heterocycles. The van der Waals surface area contributed by atoms with Gasteiger partial charge in [-0.25, -0.2) is 13.1 Å². The molecular weight excluding hydrogens is 312 g/mol. The van der Waals surface area contributed by atoms with Crippen LogP contribution in [0.2, 0.25) is 0 Å². The van der Waals surface area contributed by atoms with E-state index in [-0.39, 0.29) is 17.4 Å². The van der Waals surface area contributed by atoms with Gasteiger partial charge in [-0.1, -0.05) is 13.8 Å². The predicted molar refractivity (Wildman–Crippen MR) is 90.1 cm³/mol. The molecule has 2 rings (SSSR count). The molecule has 1 aromatic heterocycles. The summed E-state index contributed by atoms with van der Waals surface area (Å²) in [6, 6.07) is 7.04. The van der Waals surface area contributed by atoms with Crippen molar-refractivity contribution in [3.05, 3.63) is 53.3 Å². The molecule has 0 atom stereocenters. The van der Waals surface area contributed by atoms with Crippen molar-refractivity contribution in [2.24, 2.45) is 0 Å². The van der Waals surface area contributed by atoms with Gasteiger partial charge in [-0.05, 0) is 53.8 Å². The third-order valence-electron chi connectivity index (χ3n) is 3.65. The van der Waals surface area contributed by atoms with Crippen LogP contribution in [0.1, 0.15) is 36.5 Å². The molecule has 1 aromatic carbocycles. The maximum absolute atomic E-state index is 12.6. The summed E-state index contributed by atoms with van der Waals surface area (Å²) in [7, 11) is -2.00. The minimum atomic E-state index is -3.60. The van der Waals surface area contributed by atoms with E-state index in [1.165, 1.54) is 0 Å². The Morgan fingerprint density at radius 1 is 1.22 bits per heavy atom. The van der Waals surface area contributed by atoms with Crippen molar-refractivity contribution in [1.29, 1.82) is 0 Å². The average Bonchev–Trinajstić information content (AvgIpc) is 2.53. The SMILES string of the molecule is COc1cc(C)c(S(=O)(=O)NCc2ccncc2)cc1C(C)C. The summed E-state index contributed by atoms with van der Waals surface area (Å²) in [6.07, 6.45) is 3.28. The average molecular weight is 334 g/mol. The Labute approximate surface area is 137 Å². The van der Waals surface area contributed by atoms with Crippen LogP contribution in [-0.2, 0) is 16.6 Å². The standard InChI is InChI=1S/C17H22N2O3S/c1-12(2)15-10-17(13(3)9-16(15)22-4)23(20,21)19-11-14-5-7-18-8-6-14/h5-10,12,19H,11H2,1-4H3. The Bertz CT molecular complexity index is 772. The zero-order chi connectivity index (χ0) is 17.0. The van der Waals surface area contributed by atoms with Crippen molar-refractivity contribution in [1.82, 2.24) is 9.71 Å². The van der Waals surface area contributed by atoms with E-state index in [2.05, 4.69) is 9.71 Å². The highest BCUT2D eigenvalue weighted by molar-refractivity contribution is 7.89. The topological polar surface area (TPSA) is 68.3 Å². The summed E-state index contributed by atoms with van der Waals surface area (Å²) < 4.78 is 33.3. The number of nitrogens with zero attached hydrogens (tertiary/aromatic N) is 1. The molecule has 0 spiro atoms. The molecule has 0 saturated carbocycles. The van der Waals surface area contributed by atoms with Crippen molar-refractivity contribution >= 4 is 10.0 Å². The highest BCUT2D eigenvalue weighted by Crippen LogP contribution is 2.31. The van der Waals surface area contributed by atoms with Crippen molar-refractivity contribution < 1.29 is 13.2 Å². The van der Waals surface area contributed by atoms with Gasteiger partial charge in [-0.15, -0.1) is 0 Å². The largest absolute Gasteiger partial charge is 0.496 e. The van der Waals surface area contributed by atoms with Gasteiger partial charge in [0.2, 0.25) is 10.0 Å². The van der Waals surface area contributed by atoms with Gasteiger partial charge in [0.15, 0.2) is 0 Å². The highest BCUT2D eigenvalue weighted by atomic mass is 32.2. The number of aryl methyl sites for hydroxylation is 1. The lowest BCUT2D eigenvalue weighted by Crippen LogP contribution is -2.24. The first kappa shape index (κ1) is 17.4. The first-order valence-corrected chi connectivity index (χ1v) is 8.90. The fraction of sp³-hybridized carbons (Fsp3) is 0.353. The maximum Gasteiger partial charge on any atom is 0.241 e. The summed E-state index contributed by atoms with van der Waals surface area (Å²) in [6.45, 7) is 6.02. The molecule has 0 amide bonds. The minimum absolute atomic E-state index is 0.166. The molecule has 0 aliphatic carbocycles. The number of rotatable bonds is 6. The van der Waals surface area contributed by atoms with E-state index in [9.17, 15) is 8.42 Å². The monoisotopic (exact) mass is 334 g/mol. The molecular formula is C17H22N2O3S. The van der Waals surface area contributed by atoms with Gasteiger partial charge in [-0.2, -0.15) is 0 Å². The normalized spacial score (nSPS) is 11.7. The van der Waals surface area contributed by atoms with E-state index in [4.69, 9.17) is 4.74 Å². The number of ether oxygens (including phenoxy) is 1. The Morgan fingerprint density at radius 3 is 2.43 bits per heavy atom. The fourth-order valence-corrected chi connectivity index (χ4v) is 3.63. The number of methoxy groups -OCH3 is 1. The van der Waals surface area contributed by atoms with Crippen LogP contribution in [0.4, 0.5) is 0 Å². The Kier molecular flexibility index (Phi) is 5.38. The molecule has 0 radical (unpaired) electrons. The lowest BCUT2D eigenvalue weighted by molar-refractivity contribution is 0.406. The Hall–Kier alpha value is -1.92. The van der Waals surface area contributed by atoms with Gasteiger partial charge in [0.25, 0.3) is 0 Å². The zero-order valence-electron chi connectivity index (χ0n) is 13.8. The fourth-order valence-electron chi connectivity index (χ4n) is 2.35. The molecule has 2 aromatic rings. The molecule has 0 aliphatic rings. The van der Waals surface area contributed by atoms with Crippen LogP contribution in [0.15, 0.2) is 41.6 Å². The minimum Gasteiger partial charge on any atom is -0.496 e. The Balaban J connectivity index is 2.33. The van der Waals surface area contributed by atoms with Crippen LogP contribution < -0.4 is 9.46 Å². The molecule has 0 unspecified atom stereocenters. The van der Waals surface area contributed by atoms with Crippen molar-refractivity contribution in [2.75, 3.05) is 7.11 Å². The third-order valence-corrected chi connectivity index (χ3v) is 5.20. The molecule has 0 aliphatic heterocycles. The number of sulfonamides is 1. The van der Waals surface area contributed by atoms with Gasteiger partial charge < -0.3 is 4.74 Å². The van der Waals surface area contributed by atoms with E-state index in [1.807, 2.05) is 13.8 Å². The maximum atomic E-state index is 12.6. The van der Waals surface area contributed by atoms with Crippen LogP contribution in [-0.4, -0.2) is 20.5 Å². The molecule has 124 valence electrons. The van der Waals surface area contributed by atoms with Crippen LogP contribution in [0.3, 0.4) is 0 Å². The van der Waals surface area contributed by atoms with Gasteiger partial charge >= 0.3 is 0 Å². The first-order valence-electron chi connectivity index (χ1n) is 7.42. The second kappa shape index (κ2) is 7.10. The molecule has 5 nitrogen and oxygen atoms in total. The van der Waals surface area contributed by atoms with E-state index in [0.29, 0.717) is 11.3 Å². The summed E-state index contributed by atoms with van der Waals surface area (Å²) in [5.74, 6) is 0.880. The van der Waals surface area contributed by atoms with Gasteiger partial charge in [0.05, 0.1) is 12.0 Å². The second-order valence-electron chi connectivity index (χ2n) is 5.69. The molecule has 0 bridgehead atoms. The number of benzene rings is 1. The summed E-state index contributed by atoms with van der Waals surface area (Å²) in [4.78, 5) is 4.21. The predicted octanol–water partition coefficient (Wildman–Crippen LogP) is 3.00. The van der Waals surface area contributed by atoms with E-state index in [1.54, 1.807) is 50.7 Å². The molecule has 23 heavy (non-hydrogen) atoms. The molecule has 6 heteroatoms. The first-order chi connectivity index (χ1) is 10.8. The van der Waals surface area contributed by atoms with E-state index in [0.717, 1.165) is 11.1 Å². The number of hydrogen-bond donors (Lipinski definition) is 1. The number of pyridine rings is 1. The number of hydrogen-bond acceptors (Lipinski definition) is 4. The molecule has 0 fully saturated rings. The smallest absolute Gasteiger partial charge is 0.241 e. The summed E-state index contributed by atoms with van der Waals surface area (Å²) in [5, 5.41) is 0. The lowest BCUT2D eigenvalue weighted by atomic mass is 10.0. The Morgan fingerprint density at radius 2 is 1.87 bits per heavy atom. The summed E-state index contributed by atoms with van der Waals surface area (Å²) >= 11 is 0. The zero-order valence-corrected chi connectivity index (χ0v) is 14.6. The third kappa shape index (κ3) is 4.09.